The van der Waals surface area contributed by atoms with Crippen molar-refractivity contribution >= 4 is 29.5 Å². The first-order valence-electron chi connectivity index (χ1n) is 7.57. The lowest BCUT2D eigenvalue weighted by atomic mass is 9.92. The molecule has 4 heterocycles. The average molecular weight is 296 g/mol. The molecule has 0 saturated carbocycles. The molecule has 1 aromatic rings. The van der Waals surface area contributed by atoms with Crippen LogP contribution in [0.4, 0.5) is 0 Å². The maximum absolute atomic E-state index is 12.5. The Bertz CT molecular complexity index is 707. The van der Waals surface area contributed by atoms with Gasteiger partial charge in [0.05, 0.1) is 6.26 Å². The summed E-state index contributed by atoms with van der Waals surface area (Å²) >= 11 is 0. The molecule has 0 radical (unpaired) electrons. The van der Waals surface area contributed by atoms with E-state index in [0.717, 1.165) is 31.5 Å². The first kappa shape index (κ1) is 13.2. The van der Waals surface area contributed by atoms with Crippen LogP contribution >= 0.6 is 0 Å². The van der Waals surface area contributed by atoms with Crippen molar-refractivity contribution in [2.45, 2.75) is 19.3 Å². The van der Waals surface area contributed by atoms with Gasteiger partial charge in [-0.05, 0) is 37.5 Å². The third-order valence-corrected chi connectivity index (χ3v) is 4.15. The fourth-order valence-corrected chi connectivity index (χ4v) is 3.03. The highest BCUT2D eigenvalue weighted by Gasteiger charge is 2.36. The van der Waals surface area contributed by atoms with Gasteiger partial charge in [-0.25, -0.2) is 4.99 Å². The molecule has 1 fully saturated rings. The average Bonchev–Trinajstić information content (AvgIpc) is 3.09. The summed E-state index contributed by atoms with van der Waals surface area (Å²) in [6.45, 7) is 1.80. The highest BCUT2D eigenvalue weighted by Crippen LogP contribution is 2.31. The zero-order chi connectivity index (χ0) is 14.9. The van der Waals surface area contributed by atoms with E-state index in [1.807, 2.05) is 6.07 Å². The topological polar surface area (TPSA) is 70.5 Å². The Kier molecular flexibility index (Phi) is 3.21. The van der Waals surface area contributed by atoms with Gasteiger partial charge in [-0.2, -0.15) is 9.98 Å². The van der Waals surface area contributed by atoms with Crippen LogP contribution in [0.2, 0.25) is 0 Å². The van der Waals surface area contributed by atoms with Crippen molar-refractivity contribution in [2.75, 3.05) is 13.1 Å². The molecule has 3 aliphatic rings. The van der Waals surface area contributed by atoms with Crippen molar-refractivity contribution < 1.29 is 9.21 Å². The molecule has 6 nitrogen and oxygen atoms in total. The zero-order valence-corrected chi connectivity index (χ0v) is 12.1. The van der Waals surface area contributed by atoms with E-state index in [-0.39, 0.29) is 5.91 Å². The molecule has 0 N–H and O–H groups in total. The number of guanidine groups is 1. The summed E-state index contributed by atoms with van der Waals surface area (Å²) in [7, 11) is 0. The molecule has 3 aliphatic heterocycles. The largest absolute Gasteiger partial charge is 0.465 e. The fourth-order valence-electron chi connectivity index (χ4n) is 3.03. The van der Waals surface area contributed by atoms with E-state index < -0.39 is 5.92 Å². The summed E-state index contributed by atoms with van der Waals surface area (Å²) in [5, 5.41) is 0. The highest BCUT2D eigenvalue weighted by atomic mass is 16.3. The van der Waals surface area contributed by atoms with Crippen molar-refractivity contribution in [3.8, 4) is 0 Å². The van der Waals surface area contributed by atoms with Crippen LogP contribution in [0.15, 0.2) is 43.9 Å². The Morgan fingerprint density at radius 3 is 2.82 bits per heavy atom. The number of fused-ring (bicyclic) bond motifs is 1. The molecule has 1 atom stereocenters. The maximum Gasteiger partial charge on any atom is 0.264 e. The number of piperidine rings is 1. The van der Waals surface area contributed by atoms with Crippen LogP contribution in [0.3, 0.4) is 0 Å². The second-order valence-electron chi connectivity index (χ2n) is 5.58. The molecule has 1 saturated heterocycles. The highest BCUT2D eigenvalue weighted by molar-refractivity contribution is 6.24. The molecule has 4 rings (SSSR count). The Balaban J connectivity index is 1.66. The third-order valence-electron chi connectivity index (χ3n) is 4.15. The van der Waals surface area contributed by atoms with Gasteiger partial charge in [-0.1, -0.05) is 0 Å². The number of amides is 1. The Hall–Kier alpha value is -2.50. The normalized spacial score (nSPS) is 24.5. The summed E-state index contributed by atoms with van der Waals surface area (Å²) in [5.41, 5.74) is 0.769. The van der Waals surface area contributed by atoms with E-state index >= 15 is 0 Å². The Labute approximate surface area is 128 Å². The lowest BCUT2D eigenvalue weighted by molar-refractivity contribution is -0.118. The number of allylic oxidation sites excluding steroid dienone is 1. The van der Waals surface area contributed by atoms with Gasteiger partial charge in [-0.15, -0.1) is 0 Å². The van der Waals surface area contributed by atoms with Crippen LogP contribution in [-0.2, 0) is 4.79 Å². The number of carbonyl (C=O) groups excluding carboxylic acids is 1. The molecular weight excluding hydrogens is 280 g/mol. The van der Waals surface area contributed by atoms with Gasteiger partial charge in [0.1, 0.15) is 17.5 Å². The number of likely N-dealkylation sites (tertiary alicyclic amines) is 1. The second kappa shape index (κ2) is 5.36. The molecule has 0 aliphatic carbocycles. The standard InChI is InChI=1S/C16H16N4O2/c21-15-13-11(12-5-4-10-22-12)6-7-17-14(13)18-16(19-15)20-8-2-1-3-9-20/h4-7,10,13H,1-3,8-9H2. The molecule has 0 aromatic carbocycles. The minimum absolute atomic E-state index is 0.218. The smallest absolute Gasteiger partial charge is 0.264 e. The van der Waals surface area contributed by atoms with E-state index in [0.29, 0.717) is 17.6 Å². The quantitative estimate of drug-likeness (QED) is 0.797. The summed E-state index contributed by atoms with van der Waals surface area (Å²) in [5.74, 6) is 0.909. The summed E-state index contributed by atoms with van der Waals surface area (Å²) < 4.78 is 5.42. The number of amidine groups is 1. The van der Waals surface area contributed by atoms with Crippen LogP contribution in [0.5, 0.6) is 0 Å². The molecule has 112 valence electrons. The fraction of sp³-hybridized carbons (Fsp3) is 0.375. The molecule has 1 amide bonds. The number of aliphatic imine (C=N–C) groups is 3. The lowest BCUT2D eigenvalue weighted by Gasteiger charge is -2.30. The van der Waals surface area contributed by atoms with E-state index in [9.17, 15) is 4.79 Å². The van der Waals surface area contributed by atoms with Gasteiger partial charge in [-0.3, -0.25) is 4.79 Å². The monoisotopic (exact) mass is 296 g/mol. The summed E-state index contributed by atoms with van der Waals surface area (Å²) in [4.78, 5) is 27.6. The van der Waals surface area contributed by atoms with Crippen LogP contribution < -0.4 is 0 Å². The predicted molar refractivity (Wildman–Crippen MR) is 84.0 cm³/mol. The molecule has 1 aromatic heterocycles. The van der Waals surface area contributed by atoms with Gasteiger partial charge in [0.2, 0.25) is 5.96 Å². The molecule has 22 heavy (non-hydrogen) atoms. The van der Waals surface area contributed by atoms with Gasteiger partial charge >= 0.3 is 0 Å². The minimum Gasteiger partial charge on any atom is -0.465 e. The predicted octanol–water partition coefficient (Wildman–Crippen LogP) is 2.14. The number of carbonyl (C=O) groups is 1. The number of nitrogens with zero attached hydrogens (tertiary/aromatic N) is 4. The number of hydrogen-bond donors (Lipinski definition) is 0. The molecule has 0 spiro atoms. The van der Waals surface area contributed by atoms with E-state index in [4.69, 9.17) is 4.42 Å². The van der Waals surface area contributed by atoms with Crippen LogP contribution in [-0.4, -0.2) is 41.9 Å². The Morgan fingerprint density at radius 1 is 1.18 bits per heavy atom. The van der Waals surface area contributed by atoms with Gasteiger partial charge in [0.25, 0.3) is 5.91 Å². The second-order valence-corrected chi connectivity index (χ2v) is 5.58. The van der Waals surface area contributed by atoms with Crippen molar-refractivity contribution in [1.29, 1.82) is 0 Å². The van der Waals surface area contributed by atoms with Gasteiger partial charge in [0, 0.05) is 24.9 Å². The first-order valence-corrected chi connectivity index (χ1v) is 7.57. The van der Waals surface area contributed by atoms with Gasteiger partial charge in [0.15, 0.2) is 0 Å². The van der Waals surface area contributed by atoms with Crippen molar-refractivity contribution in [2.24, 2.45) is 20.9 Å². The molecule has 6 heteroatoms. The van der Waals surface area contributed by atoms with Crippen LogP contribution in [0, 0.1) is 5.92 Å². The molecule has 0 bridgehead atoms. The van der Waals surface area contributed by atoms with Crippen LogP contribution in [0.25, 0.3) is 5.57 Å². The maximum atomic E-state index is 12.5. The van der Waals surface area contributed by atoms with Crippen molar-refractivity contribution in [3.63, 3.8) is 0 Å². The first-order chi connectivity index (χ1) is 10.8. The number of dihydropyridines is 1. The lowest BCUT2D eigenvalue weighted by Crippen LogP contribution is -2.40. The van der Waals surface area contributed by atoms with E-state index in [1.54, 1.807) is 24.6 Å². The minimum atomic E-state index is -0.551. The van der Waals surface area contributed by atoms with Gasteiger partial charge < -0.3 is 9.32 Å². The third kappa shape index (κ3) is 2.20. The SMILES string of the molecule is O=C1N=C(N2CCCCC2)N=C2N=CC=C(c3ccco3)C12. The summed E-state index contributed by atoms with van der Waals surface area (Å²) in [6, 6.07) is 3.63. The van der Waals surface area contributed by atoms with Crippen LogP contribution in [0.1, 0.15) is 25.0 Å². The van der Waals surface area contributed by atoms with E-state index in [2.05, 4.69) is 19.9 Å². The van der Waals surface area contributed by atoms with E-state index in [1.165, 1.54) is 6.42 Å². The molecular formula is C16H16N4O2. The molecule has 1 unspecified atom stereocenters. The summed E-state index contributed by atoms with van der Waals surface area (Å²) in [6.07, 6.45) is 8.50. The van der Waals surface area contributed by atoms with Crippen molar-refractivity contribution in [1.82, 2.24) is 4.90 Å². The van der Waals surface area contributed by atoms with Crippen molar-refractivity contribution in [3.05, 3.63) is 30.2 Å². The Morgan fingerprint density at radius 2 is 2.05 bits per heavy atom. The number of hydrogen-bond acceptors (Lipinski definition) is 5. The zero-order valence-electron chi connectivity index (χ0n) is 12.1. The number of furan rings is 1. The number of rotatable bonds is 1.